The van der Waals surface area contributed by atoms with Crippen molar-refractivity contribution in [3.63, 3.8) is 0 Å². The summed E-state index contributed by atoms with van der Waals surface area (Å²) in [4.78, 5) is 12.1. The van der Waals surface area contributed by atoms with Crippen LogP contribution >= 0.6 is 23.2 Å². The predicted octanol–water partition coefficient (Wildman–Crippen LogP) is 5.32. The molecule has 0 aliphatic carbocycles. The molecule has 0 saturated heterocycles. The summed E-state index contributed by atoms with van der Waals surface area (Å²) in [5.74, 6) is -3.12. The fourth-order valence-electron chi connectivity index (χ4n) is 2.44. The molecule has 0 unspecified atom stereocenters. The van der Waals surface area contributed by atoms with Crippen molar-refractivity contribution >= 4 is 50.5 Å². The standard InChI is InChI=1S/C19H12Cl2F2N2O3S/c20-11-7-12(21)9-13(8-11)24-19(26)15-3-1-2-4-18(15)25-29(27,28)14-5-6-16(22)17(23)10-14/h1-10,25H,(H,24,26). The van der Waals surface area contributed by atoms with Crippen LogP contribution in [0.4, 0.5) is 20.2 Å². The van der Waals surface area contributed by atoms with Gasteiger partial charge >= 0.3 is 0 Å². The van der Waals surface area contributed by atoms with Gasteiger partial charge in [-0.25, -0.2) is 17.2 Å². The number of halogens is 4. The molecule has 5 nitrogen and oxygen atoms in total. The summed E-state index contributed by atoms with van der Waals surface area (Å²) in [5.41, 5.74) is 0.253. The van der Waals surface area contributed by atoms with E-state index in [1.54, 1.807) is 0 Å². The van der Waals surface area contributed by atoms with Gasteiger partial charge < -0.3 is 5.32 Å². The summed E-state index contributed by atoms with van der Waals surface area (Å²) in [5, 5.41) is 3.18. The van der Waals surface area contributed by atoms with Crippen molar-refractivity contribution in [1.82, 2.24) is 0 Å². The molecule has 0 aliphatic heterocycles. The molecule has 3 rings (SSSR count). The topological polar surface area (TPSA) is 75.3 Å². The lowest BCUT2D eigenvalue weighted by molar-refractivity contribution is 0.102. The van der Waals surface area contributed by atoms with Gasteiger partial charge in [0.2, 0.25) is 0 Å². The number of amides is 1. The van der Waals surface area contributed by atoms with E-state index in [0.717, 1.165) is 6.07 Å². The average Bonchev–Trinajstić information content (AvgIpc) is 2.63. The average molecular weight is 457 g/mol. The van der Waals surface area contributed by atoms with Gasteiger partial charge in [0.05, 0.1) is 16.1 Å². The molecule has 0 heterocycles. The Hall–Kier alpha value is -2.68. The van der Waals surface area contributed by atoms with Crippen LogP contribution in [0, 0.1) is 11.6 Å². The quantitative estimate of drug-likeness (QED) is 0.544. The molecule has 2 N–H and O–H groups in total. The smallest absolute Gasteiger partial charge is 0.262 e. The van der Waals surface area contributed by atoms with Crippen molar-refractivity contribution in [3.8, 4) is 0 Å². The van der Waals surface area contributed by atoms with Crippen LogP contribution in [-0.4, -0.2) is 14.3 Å². The Morgan fingerprint density at radius 2 is 1.52 bits per heavy atom. The van der Waals surface area contributed by atoms with Crippen LogP contribution in [0.5, 0.6) is 0 Å². The van der Waals surface area contributed by atoms with Gasteiger partial charge in [0.1, 0.15) is 0 Å². The molecule has 0 atom stereocenters. The maximum atomic E-state index is 13.4. The third-order valence-electron chi connectivity index (χ3n) is 3.74. The molecule has 0 fully saturated rings. The maximum absolute atomic E-state index is 13.4. The normalized spacial score (nSPS) is 11.2. The summed E-state index contributed by atoms with van der Waals surface area (Å²) in [6.45, 7) is 0. The zero-order valence-electron chi connectivity index (χ0n) is 14.4. The number of hydrogen-bond acceptors (Lipinski definition) is 3. The van der Waals surface area contributed by atoms with Gasteiger partial charge in [-0.1, -0.05) is 35.3 Å². The summed E-state index contributed by atoms with van der Waals surface area (Å²) >= 11 is 11.8. The monoisotopic (exact) mass is 456 g/mol. The highest BCUT2D eigenvalue weighted by molar-refractivity contribution is 7.92. The fraction of sp³-hybridized carbons (Fsp3) is 0. The van der Waals surface area contributed by atoms with Gasteiger partial charge in [0, 0.05) is 15.7 Å². The van der Waals surface area contributed by atoms with Crippen molar-refractivity contribution in [1.29, 1.82) is 0 Å². The number of carbonyl (C=O) groups excluding carboxylic acids is 1. The molecule has 0 aliphatic rings. The van der Waals surface area contributed by atoms with Crippen LogP contribution in [0.3, 0.4) is 0 Å². The molecule has 150 valence electrons. The predicted molar refractivity (Wildman–Crippen MR) is 108 cm³/mol. The molecule has 3 aromatic rings. The highest BCUT2D eigenvalue weighted by atomic mass is 35.5. The van der Waals surface area contributed by atoms with E-state index in [-0.39, 0.29) is 11.3 Å². The van der Waals surface area contributed by atoms with Crippen LogP contribution in [0.2, 0.25) is 10.0 Å². The van der Waals surface area contributed by atoms with E-state index in [2.05, 4.69) is 10.0 Å². The Labute approximate surface area is 175 Å². The first kappa shape index (κ1) is 21.0. The van der Waals surface area contributed by atoms with Crippen LogP contribution in [0.25, 0.3) is 0 Å². The van der Waals surface area contributed by atoms with Crippen LogP contribution in [-0.2, 0) is 10.0 Å². The molecule has 29 heavy (non-hydrogen) atoms. The molecule has 0 spiro atoms. The number of hydrogen-bond donors (Lipinski definition) is 2. The Kier molecular flexibility index (Phi) is 6.07. The Bertz CT molecular complexity index is 1180. The molecule has 0 aromatic heterocycles. The zero-order valence-corrected chi connectivity index (χ0v) is 16.7. The highest BCUT2D eigenvalue weighted by Gasteiger charge is 2.20. The molecule has 0 radical (unpaired) electrons. The van der Waals surface area contributed by atoms with Crippen LogP contribution in [0.15, 0.2) is 65.6 Å². The van der Waals surface area contributed by atoms with Crippen LogP contribution < -0.4 is 10.0 Å². The lowest BCUT2D eigenvalue weighted by atomic mass is 10.1. The van der Waals surface area contributed by atoms with Gasteiger partial charge in [0.25, 0.3) is 15.9 Å². The van der Waals surface area contributed by atoms with Crippen LogP contribution in [0.1, 0.15) is 10.4 Å². The number of sulfonamides is 1. The molecule has 0 saturated carbocycles. The molecule has 3 aromatic carbocycles. The first-order valence-electron chi connectivity index (χ1n) is 8.00. The number of para-hydroxylation sites is 1. The Morgan fingerprint density at radius 3 is 2.17 bits per heavy atom. The zero-order chi connectivity index (χ0) is 21.2. The van der Waals surface area contributed by atoms with Crippen molar-refractivity contribution in [2.75, 3.05) is 10.0 Å². The van der Waals surface area contributed by atoms with Gasteiger partial charge in [0.15, 0.2) is 11.6 Å². The summed E-state index contributed by atoms with van der Waals surface area (Å²) in [6, 6.07) is 12.4. The highest BCUT2D eigenvalue weighted by Crippen LogP contribution is 2.25. The van der Waals surface area contributed by atoms with Gasteiger partial charge in [-0.05, 0) is 48.5 Å². The maximum Gasteiger partial charge on any atom is 0.262 e. The van der Waals surface area contributed by atoms with E-state index in [4.69, 9.17) is 23.2 Å². The fourth-order valence-corrected chi connectivity index (χ4v) is 4.06. The molecule has 10 heteroatoms. The van der Waals surface area contributed by atoms with E-state index >= 15 is 0 Å². The van der Waals surface area contributed by atoms with Crippen molar-refractivity contribution in [3.05, 3.63) is 87.9 Å². The summed E-state index contributed by atoms with van der Waals surface area (Å²) in [6.07, 6.45) is 0. The van der Waals surface area contributed by atoms with E-state index in [1.165, 1.54) is 42.5 Å². The van der Waals surface area contributed by atoms with Crippen molar-refractivity contribution in [2.24, 2.45) is 0 Å². The van der Waals surface area contributed by atoms with E-state index < -0.39 is 32.5 Å². The van der Waals surface area contributed by atoms with Gasteiger partial charge in [-0.15, -0.1) is 0 Å². The van der Waals surface area contributed by atoms with Gasteiger partial charge in [-0.3, -0.25) is 9.52 Å². The lowest BCUT2D eigenvalue weighted by Gasteiger charge is -2.13. The number of nitrogens with one attached hydrogen (secondary N) is 2. The minimum absolute atomic E-state index is 0.00486. The second kappa shape index (κ2) is 8.36. The Morgan fingerprint density at radius 1 is 0.862 bits per heavy atom. The minimum Gasteiger partial charge on any atom is -0.322 e. The van der Waals surface area contributed by atoms with Gasteiger partial charge in [-0.2, -0.15) is 0 Å². The molecule has 0 bridgehead atoms. The third kappa shape index (κ3) is 5.03. The lowest BCUT2D eigenvalue weighted by Crippen LogP contribution is -2.18. The first-order chi connectivity index (χ1) is 13.7. The number of anilines is 2. The SMILES string of the molecule is O=C(Nc1cc(Cl)cc(Cl)c1)c1ccccc1NS(=O)(=O)c1ccc(F)c(F)c1. The summed E-state index contributed by atoms with van der Waals surface area (Å²) < 4.78 is 53.7. The van der Waals surface area contributed by atoms with Crippen molar-refractivity contribution < 1.29 is 22.0 Å². The first-order valence-corrected chi connectivity index (χ1v) is 10.2. The second-order valence-corrected chi connectivity index (χ2v) is 8.39. The van der Waals surface area contributed by atoms with E-state index in [9.17, 15) is 22.0 Å². The Balaban J connectivity index is 1.90. The number of benzene rings is 3. The third-order valence-corrected chi connectivity index (χ3v) is 5.54. The van der Waals surface area contributed by atoms with Crippen molar-refractivity contribution in [2.45, 2.75) is 4.90 Å². The van der Waals surface area contributed by atoms with E-state index in [1.807, 2.05) is 0 Å². The number of rotatable bonds is 5. The second-order valence-electron chi connectivity index (χ2n) is 5.84. The minimum atomic E-state index is -4.27. The largest absolute Gasteiger partial charge is 0.322 e. The van der Waals surface area contributed by atoms with E-state index in [0.29, 0.717) is 27.9 Å². The number of carbonyl (C=O) groups is 1. The molecule has 1 amide bonds. The summed E-state index contributed by atoms with van der Waals surface area (Å²) in [7, 11) is -4.27. The molecular formula is C19H12Cl2F2N2O3S. The molecular weight excluding hydrogens is 445 g/mol.